The maximum absolute atomic E-state index is 12.2. The molecule has 0 aromatic heterocycles. The van der Waals surface area contributed by atoms with Crippen molar-refractivity contribution in [1.29, 1.82) is 0 Å². The van der Waals surface area contributed by atoms with Crippen LogP contribution in [0.2, 0.25) is 0 Å². The van der Waals surface area contributed by atoms with E-state index in [4.69, 9.17) is 0 Å². The average molecular weight is 294 g/mol. The molecule has 0 fully saturated rings. The van der Waals surface area contributed by atoms with Crippen LogP contribution in [0.4, 0.5) is 0 Å². The maximum atomic E-state index is 12.2. The Labute approximate surface area is 121 Å². The lowest BCUT2D eigenvalue weighted by atomic mass is 10.1. The minimum atomic E-state index is -3.40. The molecule has 2 rings (SSSR count). The first-order chi connectivity index (χ1) is 9.47. The Hall–Kier alpha value is -1.17. The van der Waals surface area contributed by atoms with E-state index in [1.165, 1.54) is 5.57 Å². The fraction of sp³-hybridized carbons (Fsp3) is 0.467. The zero-order valence-corrected chi connectivity index (χ0v) is 12.9. The summed E-state index contributed by atoms with van der Waals surface area (Å²) in [6, 6.07) is 5.39. The third-order valence-corrected chi connectivity index (χ3v) is 4.84. The van der Waals surface area contributed by atoms with Crippen molar-refractivity contribution in [2.45, 2.75) is 31.6 Å². The van der Waals surface area contributed by atoms with Crippen LogP contribution in [0.25, 0.3) is 0 Å². The number of sulfonamides is 1. The minimum absolute atomic E-state index is 0.356. The zero-order chi connectivity index (χ0) is 14.6. The van der Waals surface area contributed by atoms with E-state index in [2.05, 4.69) is 16.1 Å². The zero-order valence-electron chi connectivity index (χ0n) is 12.1. The van der Waals surface area contributed by atoms with E-state index >= 15 is 0 Å². The number of benzene rings is 1. The molecule has 0 bridgehead atoms. The highest BCUT2D eigenvalue weighted by atomic mass is 32.2. The van der Waals surface area contributed by atoms with Crippen molar-refractivity contribution < 1.29 is 8.42 Å². The molecule has 20 heavy (non-hydrogen) atoms. The molecule has 0 atom stereocenters. The van der Waals surface area contributed by atoms with Gasteiger partial charge in [0.25, 0.3) is 0 Å². The van der Waals surface area contributed by atoms with Crippen LogP contribution < -0.4 is 10.0 Å². The SMILES string of the molecule is Cc1cc(C)cc(S(=O)(=O)NCCC2=CCNCC2)c1. The Morgan fingerprint density at radius 3 is 2.50 bits per heavy atom. The third kappa shape index (κ3) is 4.16. The molecule has 5 heteroatoms. The molecule has 4 nitrogen and oxygen atoms in total. The van der Waals surface area contributed by atoms with Gasteiger partial charge in [-0.3, -0.25) is 0 Å². The van der Waals surface area contributed by atoms with Gasteiger partial charge in [-0.05, 0) is 56.5 Å². The first-order valence-corrected chi connectivity index (χ1v) is 8.42. The highest BCUT2D eigenvalue weighted by Crippen LogP contribution is 2.15. The molecule has 0 unspecified atom stereocenters. The van der Waals surface area contributed by atoms with Gasteiger partial charge in [0, 0.05) is 13.1 Å². The molecule has 1 heterocycles. The van der Waals surface area contributed by atoms with Crippen molar-refractivity contribution in [2.75, 3.05) is 19.6 Å². The van der Waals surface area contributed by atoms with Crippen molar-refractivity contribution in [2.24, 2.45) is 0 Å². The first-order valence-electron chi connectivity index (χ1n) is 6.94. The summed E-state index contributed by atoms with van der Waals surface area (Å²) in [5.41, 5.74) is 3.25. The number of rotatable bonds is 5. The summed E-state index contributed by atoms with van der Waals surface area (Å²) < 4.78 is 27.2. The molecule has 1 aromatic carbocycles. The van der Waals surface area contributed by atoms with E-state index in [0.29, 0.717) is 11.4 Å². The molecule has 0 aliphatic carbocycles. The van der Waals surface area contributed by atoms with Crippen LogP contribution in [0, 0.1) is 13.8 Å². The molecule has 0 saturated carbocycles. The van der Waals surface area contributed by atoms with E-state index < -0.39 is 10.0 Å². The summed E-state index contributed by atoms with van der Waals surface area (Å²) in [5, 5.41) is 3.24. The lowest BCUT2D eigenvalue weighted by Crippen LogP contribution is -2.27. The first kappa shape index (κ1) is 15.2. The van der Waals surface area contributed by atoms with E-state index in [-0.39, 0.29) is 0 Å². The Bertz CT molecular complexity index is 586. The molecule has 1 aliphatic rings. The van der Waals surface area contributed by atoms with Gasteiger partial charge in [0.2, 0.25) is 10.0 Å². The van der Waals surface area contributed by atoms with Crippen LogP contribution in [-0.4, -0.2) is 28.1 Å². The van der Waals surface area contributed by atoms with Gasteiger partial charge in [-0.2, -0.15) is 0 Å². The average Bonchev–Trinajstić information content (AvgIpc) is 2.38. The second-order valence-electron chi connectivity index (χ2n) is 5.29. The number of hydrogen-bond donors (Lipinski definition) is 2. The summed E-state index contributed by atoms with van der Waals surface area (Å²) in [6.07, 6.45) is 3.94. The van der Waals surface area contributed by atoms with Gasteiger partial charge in [-0.25, -0.2) is 13.1 Å². The minimum Gasteiger partial charge on any atom is -0.313 e. The van der Waals surface area contributed by atoms with Crippen LogP contribution in [0.1, 0.15) is 24.0 Å². The van der Waals surface area contributed by atoms with Crippen molar-refractivity contribution in [3.63, 3.8) is 0 Å². The fourth-order valence-electron chi connectivity index (χ4n) is 2.41. The van der Waals surface area contributed by atoms with E-state index in [1.54, 1.807) is 12.1 Å². The summed E-state index contributed by atoms with van der Waals surface area (Å²) in [5.74, 6) is 0. The Balaban J connectivity index is 1.98. The van der Waals surface area contributed by atoms with Crippen LogP contribution in [-0.2, 0) is 10.0 Å². The van der Waals surface area contributed by atoms with Gasteiger partial charge in [0.15, 0.2) is 0 Å². The van der Waals surface area contributed by atoms with Crippen LogP contribution in [0.3, 0.4) is 0 Å². The van der Waals surface area contributed by atoms with Gasteiger partial charge in [0.05, 0.1) is 4.90 Å². The molecule has 0 amide bonds. The van der Waals surface area contributed by atoms with E-state index in [9.17, 15) is 8.42 Å². The van der Waals surface area contributed by atoms with Gasteiger partial charge in [0.1, 0.15) is 0 Å². The Morgan fingerprint density at radius 1 is 1.20 bits per heavy atom. The molecular weight excluding hydrogens is 272 g/mol. The van der Waals surface area contributed by atoms with Crippen molar-refractivity contribution >= 4 is 10.0 Å². The maximum Gasteiger partial charge on any atom is 0.240 e. The topological polar surface area (TPSA) is 58.2 Å². The Kier molecular flexibility index (Phi) is 4.96. The monoisotopic (exact) mass is 294 g/mol. The van der Waals surface area contributed by atoms with Crippen LogP contribution in [0.5, 0.6) is 0 Å². The highest BCUT2D eigenvalue weighted by Gasteiger charge is 2.14. The highest BCUT2D eigenvalue weighted by molar-refractivity contribution is 7.89. The number of nitrogens with one attached hydrogen (secondary N) is 2. The summed E-state index contributed by atoms with van der Waals surface area (Å²) in [4.78, 5) is 0.356. The second-order valence-corrected chi connectivity index (χ2v) is 7.05. The quantitative estimate of drug-likeness (QED) is 0.815. The molecule has 0 spiro atoms. The smallest absolute Gasteiger partial charge is 0.240 e. The van der Waals surface area contributed by atoms with Crippen molar-refractivity contribution in [3.05, 3.63) is 41.0 Å². The van der Waals surface area contributed by atoms with Gasteiger partial charge < -0.3 is 5.32 Å². The number of hydrogen-bond acceptors (Lipinski definition) is 3. The number of aryl methyl sites for hydroxylation is 2. The fourth-order valence-corrected chi connectivity index (χ4v) is 3.63. The molecule has 1 aliphatic heterocycles. The van der Waals surface area contributed by atoms with Crippen molar-refractivity contribution in [1.82, 2.24) is 10.0 Å². The summed E-state index contributed by atoms with van der Waals surface area (Å²) in [6.45, 7) is 6.15. The predicted octanol–water partition coefficient (Wildman–Crippen LogP) is 1.89. The largest absolute Gasteiger partial charge is 0.313 e. The lowest BCUT2D eigenvalue weighted by molar-refractivity contribution is 0.579. The van der Waals surface area contributed by atoms with Crippen LogP contribution in [0.15, 0.2) is 34.7 Å². The van der Waals surface area contributed by atoms with E-state index in [1.807, 2.05) is 19.9 Å². The summed E-state index contributed by atoms with van der Waals surface area (Å²) >= 11 is 0. The lowest BCUT2D eigenvalue weighted by Gasteiger charge is -2.14. The second kappa shape index (κ2) is 6.52. The van der Waals surface area contributed by atoms with Gasteiger partial charge in [-0.15, -0.1) is 0 Å². The summed E-state index contributed by atoms with van der Waals surface area (Å²) in [7, 11) is -3.40. The molecule has 2 N–H and O–H groups in total. The van der Waals surface area contributed by atoms with Crippen molar-refractivity contribution in [3.8, 4) is 0 Å². The van der Waals surface area contributed by atoms with Gasteiger partial charge in [-0.1, -0.05) is 17.7 Å². The van der Waals surface area contributed by atoms with E-state index in [0.717, 1.165) is 37.1 Å². The van der Waals surface area contributed by atoms with Gasteiger partial charge >= 0.3 is 0 Å². The third-order valence-electron chi connectivity index (χ3n) is 3.40. The molecule has 0 radical (unpaired) electrons. The normalized spacial score (nSPS) is 16.0. The molecule has 110 valence electrons. The standard InChI is InChI=1S/C15H22N2O2S/c1-12-9-13(2)11-15(10-12)20(18,19)17-8-5-14-3-6-16-7-4-14/h3,9-11,16-17H,4-8H2,1-2H3. The van der Waals surface area contributed by atoms with Crippen LogP contribution >= 0.6 is 0 Å². The molecule has 1 aromatic rings. The molecule has 0 saturated heterocycles. The Morgan fingerprint density at radius 2 is 1.90 bits per heavy atom. The molecular formula is C15H22N2O2S. The predicted molar refractivity (Wildman–Crippen MR) is 81.3 cm³/mol.